The maximum absolute atomic E-state index is 13.3. The van der Waals surface area contributed by atoms with Crippen LogP contribution in [0.15, 0.2) is 24.3 Å². The van der Waals surface area contributed by atoms with E-state index in [0.29, 0.717) is 44.3 Å². The third-order valence-electron chi connectivity index (χ3n) is 7.65. The number of urea groups is 1. The molecule has 14 nitrogen and oxygen atoms in total. The van der Waals surface area contributed by atoms with Gasteiger partial charge in [-0.2, -0.15) is 0 Å². The number of benzene rings is 1. The van der Waals surface area contributed by atoms with E-state index in [0.717, 1.165) is 5.56 Å². The van der Waals surface area contributed by atoms with Gasteiger partial charge in [-0.1, -0.05) is 39.3 Å². The summed E-state index contributed by atoms with van der Waals surface area (Å²) in [5.74, 6) is -2.54. The van der Waals surface area contributed by atoms with E-state index in [4.69, 9.17) is 10.5 Å². The van der Waals surface area contributed by atoms with Gasteiger partial charge in [0.15, 0.2) is 0 Å². The molecule has 1 aromatic rings. The first-order valence-corrected chi connectivity index (χ1v) is 15.8. The van der Waals surface area contributed by atoms with Gasteiger partial charge in [-0.05, 0) is 55.7 Å². The molecule has 14 heteroatoms. The molecule has 0 saturated carbocycles. The normalized spacial score (nSPS) is 15.7. The Morgan fingerprint density at radius 3 is 2.26 bits per heavy atom. The van der Waals surface area contributed by atoms with Gasteiger partial charge in [0.2, 0.25) is 29.5 Å². The fraction of sp³-hybridized carbons (Fsp3) is 0.594. The molecule has 0 spiro atoms. The lowest BCUT2D eigenvalue weighted by atomic mass is 10.0. The van der Waals surface area contributed by atoms with Gasteiger partial charge in [0.25, 0.3) is 0 Å². The Morgan fingerprint density at radius 2 is 1.67 bits per heavy atom. The summed E-state index contributed by atoms with van der Waals surface area (Å²) in [4.78, 5) is 87.1. The van der Waals surface area contributed by atoms with E-state index in [2.05, 4.69) is 21.3 Å². The van der Waals surface area contributed by atoms with Crippen LogP contribution in [0.25, 0.3) is 0 Å². The predicted octanol–water partition coefficient (Wildman–Crippen LogP) is 2.11. The van der Waals surface area contributed by atoms with Crippen molar-refractivity contribution in [3.05, 3.63) is 29.8 Å². The Bertz CT molecular complexity index is 1240. The predicted molar refractivity (Wildman–Crippen MR) is 170 cm³/mol. The van der Waals surface area contributed by atoms with Crippen LogP contribution in [0.5, 0.6) is 0 Å². The highest BCUT2D eigenvalue weighted by Gasteiger charge is 2.36. The summed E-state index contributed by atoms with van der Waals surface area (Å²) in [6, 6.07) is 4.08. The van der Waals surface area contributed by atoms with E-state index in [9.17, 15) is 33.6 Å². The number of hydrogen-bond acceptors (Lipinski definition) is 8. The van der Waals surface area contributed by atoms with Crippen LogP contribution >= 0.6 is 0 Å². The summed E-state index contributed by atoms with van der Waals surface area (Å²) in [7, 11) is 0. The molecule has 3 atom stereocenters. The lowest BCUT2D eigenvalue weighted by Crippen LogP contribution is -2.54. The second kappa shape index (κ2) is 19.1. The molecular formula is C32H48N6O8. The molecule has 1 fully saturated rings. The van der Waals surface area contributed by atoms with Crippen molar-refractivity contribution in [2.75, 3.05) is 18.4 Å². The molecule has 1 heterocycles. The third kappa shape index (κ3) is 12.9. The van der Waals surface area contributed by atoms with Crippen molar-refractivity contribution in [1.29, 1.82) is 0 Å². The maximum atomic E-state index is 13.3. The van der Waals surface area contributed by atoms with E-state index < -0.39 is 35.9 Å². The zero-order valence-corrected chi connectivity index (χ0v) is 27.2. The molecular weight excluding hydrogens is 596 g/mol. The van der Waals surface area contributed by atoms with Crippen LogP contribution in [0.1, 0.15) is 84.6 Å². The second-order valence-corrected chi connectivity index (χ2v) is 11.8. The smallest absolute Gasteiger partial charge is 0.312 e. The molecule has 0 aliphatic carbocycles. The van der Waals surface area contributed by atoms with Gasteiger partial charge in [-0.3, -0.25) is 33.7 Å². The molecule has 1 saturated heterocycles. The molecule has 0 aromatic heterocycles. The van der Waals surface area contributed by atoms with E-state index >= 15 is 0 Å². The Labute approximate surface area is 269 Å². The summed E-state index contributed by atoms with van der Waals surface area (Å²) < 4.78 is 4.97. The maximum Gasteiger partial charge on any atom is 0.312 e. The Morgan fingerprint density at radius 1 is 0.978 bits per heavy atom. The topological polar surface area (TPSA) is 206 Å². The van der Waals surface area contributed by atoms with Crippen LogP contribution in [-0.2, 0) is 40.1 Å². The quantitative estimate of drug-likeness (QED) is 0.0854. The van der Waals surface area contributed by atoms with Crippen molar-refractivity contribution in [1.82, 2.24) is 20.9 Å². The Hall–Kier alpha value is -4.49. The number of imide groups is 1. The first kappa shape index (κ1) is 37.7. The fourth-order valence-electron chi connectivity index (χ4n) is 4.96. The lowest BCUT2D eigenvalue weighted by molar-refractivity contribution is -0.142. The number of amides is 7. The molecule has 46 heavy (non-hydrogen) atoms. The van der Waals surface area contributed by atoms with Crippen LogP contribution in [0, 0.1) is 11.8 Å². The molecule has 7 amide bonds. The van der Waals surface area contributed by atoms with Crippen LogP contribution in [-0.4, -0.2) is 71.6 Å². The number of nitrogens with zero attached hydrogens (tertiary/aromatic N) is 1. The number of rotatable bonds is 19. The molecule has 1 aliphatic rings. The molecule has 2 rings (SSSR count). The fourth-order valence-corrected chi connectivity index (χ4v) is 4.96. The van der Waals surface area contributed by atoms with Gasteiger partial charge in [-0.15, -0.1) is 0 Å². The SMILES string of the molecule is CCC1CC(=O)N(CCCCCC(=O)N[C@H](C(=O)N[C@@H](CCCNC(N)=O)C(=O)Nc2ccc(COC(C)=O)cc2)C(C)C)C1=O. The summed E-state index contributed by atoms with van der Waals surface area (Å²) in [6.45, 7) is 7.39. The summed E-state index contributed by atoms with van der Waals surface area (Å²) in [6.07, 6.45) is 3.32. The number of unbranched alkanes of at least 4 members (excludes halogenated alkanes) is 2. The van der Waals surface area contributed by atoms with E-state index in [-0.39, 0.29) is 62.0 Å². The third-order valence-corrected chi connectivity index (χ3v) is 7.65. The number of anilines is 1. The number of carbonyl (C=O) groups excluding carboxylic acids is 7. The average Bonchev–Trinajstić information content (AvgIpc) is 3.28. The van der Waals surface area contributed by atoms with E-state index in [1.165, 1.54) is 11.8 Å². The number of primary amides is 1. The summed E-state index contributed by atoms with van der Waals surface area (Å²) >= 11 is 0. The number of esters is 1. The van der Waals surface area contributed by atoms with Crippen molar-refractivity contribution in [3.8, 4) is 0 Å². The van der Waals surface area contributed by atoms with Crippen LogP contribution < -0.4 is 27.0 Å². The number of ether oxygens (including phenoxy) is 1. The average molecular weight is 645 g/mol. The van der Waals surface area contributed by atoms with Crippen LogP contribution in [0.3, 0.4) is 0 Å². The highest BCUT2D eigenvalue weighted by molar-refractivity contribution is 6.03. The zero-order valence-electron chi connectivity index (χ0n) is 27.2. The molecule has 1 aliphatic heterocycles. The largest absolute Gasteiger partial charge is 0.461 e. The first-order chi connectivity index (χ1) is 21.8. The van der Waals surface area contributed by atoms with Gasteiger partial charge in [0.05, 0.1) is 0 Å². The number of carbonyl (C=O) groups is 7. The second-order valence-electron chi connectivity index (χ2n) is 11.8. The minimum atomic E-state index is -0.982. The lowest BCUT2D eigenvalue weighted by Gasteiger charge is -2.25. The number of likely N-dealkylation sites (tertiary alicyclic amines) is 1. The number of nitrogens with two attached hydrogens (primary N) is 1. The van der Waals surface area contributed by atoms with Gasteiger partial charge in [0, 0.05) is 44.5 Å². The molecule has 1 unspecified atom stereocenters. The number of nitrogens with one attached hydrogen (secondary N) is 4. The highest BCUT2D eigenvalue weighted by atomic mass is 16.5. The van der Waals surface area contributed by atoms with Crippen LogP contribution in [0.4, 0.5) is 10.5 Å². The van der Waals surface area contributed by atoms with Crippen molar-refractivity contribution in [3.63, 3.8) is 0 Å². The molecule has 0 radical (unpaired) electrons. The summed E-state index contributed by atoms with van der Waals surface area (Å²) in [5.41, 5.74) is 6.32. The number of hydrogen-bond donors (Lipinski definition) is 5. The molecule has 6 N–H and O–H groups in total. The zero-order chi connectivity index (χ0) is 34.2. The van der Waals surface area contributed by atoms with Crippen molar-refractivity contribution < 1.29 is 38.3 Å². The monoisotopic (exact) mass is 644 g/mol. The van der Waals surface area contributed by atoms with Crippen molar-refractivity contribution >= 4 is 47.2 Å². The minimum absolute atomic E-state index is 0.0947. The van der Waals surface area contributed by atoms with E-state index in [1.807, 2.05) is 6.92 Å². The van der Waals surface area contributed by atoms with Gasteiger partial charge >= 0.3 is 12.0 Å². The molecule has 254 valence electrons. The molecule has 1 aromatic carbocycles. The van der Waals surface area contributed by atoms with Gasteiger partial charge in [-0.25, -0.2) is 4.79 Å². The minimum Gasteiger partial charge on any atom is -0.461 e. The Kier molecular flexibility index (Phi) is 15.7. The first-order valence-electron chi connectivity index (χ1n) is 15.8. The molecule has 0 bridgehead atoms. The van der Waals surface area contributed by atoms with Gasteiger partial charge < -0.3 is 31.7 Å². The Balaban J connectivity index is 1.93. The standard InChI is InChI=1S/C32H48N6O8/c1-5-23-18-27(41)38(31(23)44)17-8-6-7-11-26(40)37-28(20(2)3)30(43)36-25(10-9-16-34-32(33)45)29(42)35-24-14-12-22(13-15-24)19-46-21(4)39/h12-15,20,23,25,28H,5-11,16-19H2,1-4H3,(H,35,42)(H,36,43)(H,37,40)(H3,33,34,45)/t23?,25-,28-/m0/s1. The van der Waals surface area contributed by atoms with Gasteiger partial charge in [0.1, 0.15) is 18.7 Å². The highest BCUT2D eigenvalue weighted by Crippen LogP contribution is 2.22. The van der Waals surface area contributed by atoms with Crippen LogP contribution in [0.2, 0.25) is 0 Å². The van der Waals surface area contributed by atoms with E-state index in [1.54, 1.807) is 38.1 Å². The summed E-state index contributed by atoms with van der Waals surface area (Å²) in [5, 5.41) is 10.7. The van der Waals surface area contributed by atoms with Crippen molar-refractivity contribution in [2.24, 2.45) is 17.6 Å². The van der Waals surface area contributed by atoms with Crippen molar-refractivity contribution in [2.45, 2.75) is 97.8 Å².